The van der Waals surface area contributed by atoms with Crippen LogP contribution in [-0.4, -0.2) is 0 Å². The molecule has 1 aromatic heterocycles. The zero-order valence-electron chi connectivity index (χ0n) is 38.2. The van der Waals surface area contributed by atoms with Crippen LogP contribution < -0.4 is 9.80 Å². The molecule has 0 amide bonds. The van der Waals surface area contributed by atoms with Gasteiger partial charge < -0.3 is 9.80 Å². The fourth-order valence-corrected chi connectivity index (χ4v) is 13.6. The van der Waals surface area contributed by atoms with Crippen LogP contribution in [0.1, 0.15) is 17.5 Å². The number of anilines is 6. The Labute approximate surface area is 416 Å². The van der Waals surface area contributed by atoms with Gasteiger partial charge in [0.15, 0.2) is 0 Å². The van der Waals surface area contributed by atoms with Gasteiger partial charge in [-0.3, -0.25) is 0 Å². The van der Waals surface area contributed by atoms with Crippen LogP contribution in [0.15, 0.2) is 246 Å². The monoisotopic (exact) mass is 928 g/mol. The number of allylic oxidation sites excluding steroid dienone is 1. The number of para-hydroxylation sites is 4. The number of fused-ring (bicyclic) bond motifs is 8. The largest absolute Gasteiger partial charge is 0.310 e. The van der Waals surface area contributed by atoms with Gasteiger partial charge in [-0.05, 0) is 153 Å². The summed E-state index contributed by atoms with van der Waals surface area (Å²) in [6.45, 7) is 0. The van der Waals surface area contributed by atoms with Gasteiger partial charge in [-0.1, -0.05) is 170 Å². The Bertz CT molecular complexity index is 3950. The van der Waals surface area contributed by atoms with Crippen molar-refractivity contribution < 1.29 is 0 Å². The lowest BCUT2D eigenvalue weighted by Gasteiger charge is -2.30. The van der Waals surface area contributed by atoms with Crippen molar-refractivity contribution in [3.63, 3.8) is 0 Å². The molecular formula is C66H44N2S2. The molecule has 2 heterocycles. The van der Waals surface area contributed by atoms with Crippen molar-refractivity contribution in [2.45, 2.75) is 22.6 Å². The number of hydrogen-bond acceptors (Lipinski definition) is 4. The summed E-state index contributed by atoms with van der Waals surface area (Å²) < 4.78 is 2.65. The Balaban J connectivity index is 0.861. The first-order valence-corrected chi connectivity index (χ1v) is 25.8. The zero-order chi connectivity index (χ0) is 46.1. The molecule has 0 fully saturated rings. The first-order chi connectivity index (χ1) is 34.7. The predicted octanol–water partition coefficient (Wildman–Crippen LogP) is 19.7. The zero-order valence-corrected chi connectivity index (χ0v) is 39.9. The van der Waals surface area contributed by atoms with Gasteiger partial charge in [0, 0.05) is 69.2 Å². The summed E-state index contributed by atoms with van der Waals surface area (Å²) in [5.74, 6) is 0. The quantitative estimate of drug-likeness (QED) is 0.150. The van der Waals surface area contributed by atoms with E-state index in [2.05, 4.69) is 252 Å². The topological polar surface area (TPSA) is 6.48 Å². The number of rotatable bonds is 8. The Kier molecular flexibility index (Phi) is 9.82. The van der Waals surface area contributed by atoms with Crippen molar-refractivity contribution in [3.05, 3.63) is 248 Å². The number of hydrogen-bond donors (Lipinski definition) is 0. The highest BCUT2D eigenvalue weighted by Crippen LogP contribution is 2.54. The van der Waals surface area contributed by atoms with Crippen LogP contribution in [0, 0.1) is 0 Å². The second-order valence-corrected chi connectivity index (χ2v) is 20.4. The molecule has 70 heavy (non-hydrogen) atoms. The molecule has 0 spiro atoms. The molecule has 330 valence electrons. The van der Waals surface area contributed by atoms with Crippen LogP contribution in [0.3, 0.4) is 0 Å². The summed E-state index contributed by atoms with van der Waals surface area (Å²) in [6, 6.07) is 84.9. The maximum atomic E-state index is 2.48. The van der Waals surface area contributed by atoms with E-state index in [9.17, 15) is 0 Å². The van der Waals surface area contributed by atoms with Gasteiger partial charge >= 0.3 is 0 Å². The fraction of sp³-hybridized carbons (Fsp3) is 0.0303. The Hall–Kier alpha value is -8.15. The normalized spacial score (nSPS) is 12.6. The predicted molar refractivity (Wildman–Crippen MR) is 301 cm³/mol. The summed E-state index contributed by atoms with van der Waals surface area (Å²) in [4.78, 5) is 7.40. The number of nitrogens with zero attached hydrogens (tertiary/aromatic N) is 2. The Morgan fingerprint density at radius 3 is 1.63 bits per heavy atom. The molecule has 0 atom stereocenters. The lowest BCUT2D eigenvalue weighted by atomic mass is 9.87. The smallest absolute Gasteiger partial charge is 0.0540 e. The second-order valence-electron chi connectivity index (χ2n) is 18.3. The molecule has 14 rings (SSSR count). The highest BCUT2D eigenvalue weighted by atomic mass is 32.2. The maximum Gasteiger partial charge on any atom is 0.0540 e. The molecule has 1 aliphatic carbocycles. The van der Waals surface area contributed by atoms with E-state index >= 15 is 0 Å². The van der Waals surface area contributed by atoms with Gasteiger partial charge in [-0.15, -0.1) is 11.3 Å². The number of benzene rings is 11. The fourth-order valence-electron chi connectivity index (χ4n) is 11.2. The Morgan fingerprint density at radius 1 is 0.357 bits per heavy atom. The van der Waals surface area contributed by atoms with Crippen molar-refractivity contribution in [2.24, 2.45) is 0 Å². The molecule has 0 bridgehead atoms. The second kappa shape index (κ2) is 16.8. The molecular weight excluding hydrogens is 885 g/mol. The summed E-state index contributed by atoms with van der Waals surface area (Å²) >= 11 is 3.83. The van der Waals surface area contributed by atoms with Crippen molar-refractivity contribution >= 4 is 105 Å². The molecule has 11 aromatic carbocycles. The molecule has 1 aliphatic heterocycles. The average molecular weight is 929 g/mol. The van der Waals surface area contributed by atoms with Crippen LogP contribution in [0.25, 0.3) is 81.2 Å². The molecule has 0 saturated carbocycles. The third-order valence-corrected chi connectivity index (χ3v) is 16.5. The standard InChI is InChI=1S/C66H44N2S2/c1-5-18-45(19-6-1)67(46-20-7-2-8-21-46)59-38-36-49(51-26-13-15-28-53(51)59)43-32-34-55-58-42-64-65(57-30-17-31-61(66(57)58)69-62(55)40-43)56-35-33-44(41-63(56)70-64)50-37-39-60(54-29-16-14-27-52(50)54)68(47-22-9-3-10-23-47)48-24-11-4-12-25-48/h1-15,17-28,30-42H,16,29H2. The summed E-state index contributed by atoms with van der Waals surface area (Å²) in [5.41, 5.74) is 17.4. The van der Waals surface area contributed by atoms with Crippen molar-refractivity contribution in [3.8, 4) is 33.4 Å². The number of thiophene rings is 1. The van der Waals surface area contributed by atoms with Gasteiger partial charge in [-0.2, -0.15) is 0 Å². The van der Waals surface area contributed by atoms with E-state index in [-0.39, 0.29) is 0 Å². The van der Waals surface area contributed by atoms with Gasteiger partial charge in [-0.25, -0.2) is 0 Å². The minimum Gasteiger partial charge on any atom is -0.310 e. The average Bonchev–Trinajstić information content (AvgIpc) is 3.80. The van der Waals surface area contributed by atoms with Crippen LogP contribution in [0.2, 0.25) is 0 Å². The van der Waals surface area contributed by atoms with Crippen LogP contribution in [0.4, 0.5) is 34.1 Å². The third-order valence-electron chi connectivity index (χ3n) is 14.3. The maximum absolute atomic E-state index is 2.48. The minimum atomic E-state index is 1.000. The van der Waals surface area contributed by atoms with Crippen molar-refractivity contribution in [1.29, 1.82) is 0 Å². The van der Waals surface area contributed by atoms with Gasteiger partial charge in [0.05, 0.1) is 5.69 Å². The van der Waals surface area contributed by atoms with E-state index < -0.39 is 0 Å². The summed E-state index contributed by atoms with van der Waals surface area (Å²) in [5, 5.41) is 7.83. The van der Waals surface area contributed by atoms with Crippen LogP contribution >= 0.6 is 23.1 Å². The molecule has 12 aromatic rings. The molecule has 0 N–H and O–H groups in total. The van der Waals surface area contributed by atoms with Crippen LogP contribution in [0.5, 0.6) is 0 Å². The SMILES string of the molecule is C1=Cc2c(-c3ccc4c(c3)sc3cc5c6c(cccc6c34)Sc3cc(-c4ccc(N(c6ccccc6)c6ccccc6)c6ccccc46)ccc3-5)ccc(N(c3ccccc3)c3ccccc3)c2CC1. The molecule has 2 nitrogen and oxygen atoms in total. The first-order valence-electron chi connectivity index (χ1n) is 24.1. The summed E-state index contributed by atoms with van der Waals surface area (Å²) in [6.07, 6.45) is 6.74. The van der Waals surface area contributed by atoms with Gasteiger partial charge in [0.25, 0.3) is 0 Å². The van der Waals surface area contributed by atoms with Crippen molar-refractivity contribution in [2.75, 3.05) is 9.80 Å². The van der Waals surface area contributed by atoms with E-state index in [0.29, 0.717) is 0 Å². The Morgan fingerprint density at radius 2 is 0.929 bits per heavy atom. The molecule has 0 radical (unpaired) electrons. The summed E-state index contributed by atoms with van der Waals surface area (Å²) in [7, 11) is 0. The highest BCUT2D eigenvalue weighted by Gasteiger charge is 2.26. The van der Waals surface area contributed by atoms with E-state index in [0.717, 1.165) is 29.9 Å². The van der Waals surface area contributed by atoms with E-state index in [4.69, 9.17) is 0 Å². The van der Waals surface area contributed by atoms with Crippen LogP contribution in [-0.2, 0) is 6.42 Å². The van der Waals surface area contributed by atoms with E-state index in [1.807, 2.05) is 23.1 Å². The van der Waals surface area contributed by atoms with E-state index in [1.165, 1.54) is 113 Å². The highest BCUT2D eigenvalue weighted by molar-refractivity contribution is 7.99. The van der Waals surface area contributed by atoms with E-state index in [1.54, 1.807) is 0 Å². The molecule has 2 aliphatic rings. The molecule has 4 heteroatoms. The van der Waals surface area contributed by atoms with Crippen molar-refractivity contribution in [1.82, 2.24) is 0 Å². The van der Waals surface area contributed by atoms with Gasteiger partial charge in [0.1, 0.15) is 0 Å². The lowest BCUT2D eigenvalue weighted by molar-refractivity contribution is 0.980. The lowest BCUT2D eigenvalue weighted by Crippen LogP contribution is -2.14. The third kappa shape index (κ3) is 6.70. The van der Waals surface area contributed by atoms with Gasteiger partial charge in [0.2, 0.25) is 0 Å². The first kappa shape index (κ1) is 40.9. The molecule has 0 unspecified atom stereocenters. The minimum absolute atomic E-state index is 1.000. The molecule has 0 saturated heterocycles.